The third-order valence-corrected chi connectivity index (χ3v) is 2.83. The van der Waals surface area contributed by atoms with Gasteiger partial charge in [0.05, 0.1) is 6.61 Å². The van der Waals surface area contributed by atoms with Crippen molar-refractivity contribution in [3.8, 4) is 5.75 Å². The van der Waals surface area contributed by atoms with E-state index in [2.05, 4.69) is 5.32 Å². The second kappa shape index (κ2) is 7.35. The van der Waals surface area contributed by atoms with Crippen LogP contribution in [0.25, 0.3) is 0 Å². The summed E-state index contributed by atoms with van der Waals surface area (Å²) in [6, 6.07) is 9.42. The van der Waals surface area contributed by atoms with Gasteiger partial charge in [0.15, 0.2) is 0 Å². The highest BCUT2D eigenvalue weighted by atomic mass is 19.1. The van der Waals surface area contributed by atoms with Crippen LogP contribution in [0.2, 0.25) is 0 Å². The molecule has 0 aliphatic heterocycles. The summed E-state index contributed by atoms with van der Waals surface area (Å²) in [5.41, 5.74) is -0.318. The zero-order chi connectivity index (χ0) is 16.8. The minimum atomic E-state index is -1.18. The van der Waals surface area contributed by atoms with Gasteiger partial charge in [-0.3, -0.25) is 9.59 Å². The van der Waals surface area contributed by atoms with E-state index in [0.717, 1.165) is 18.2 Å². The molecule has 120 valence electrons. The van der Waals surface area contributed by atoms with Crippen LogP contribution in [0.1, 0.15) is 6.92 Å². The van der Waals surface area contributed by atoms with Crippen molar-refractivity contribution in [1.82, 2.24) is 0 Å². The molecule has 2 rings (SSSR count). The number of ether oxygens (including phenoxy) is 1. The van der Waals surface area contributed by atoms with E-state index in [-0.39, 0.29) is 0 Å². The number of hydrogen-bond acceptors (Lipinski definition) is 3. The molecule has 0 saturated heterocycles. The van der Waals surface area contributed by atoms with Crippen LogP contribution >= 0.6 is 0 Å². The summed E-state index contributed by atoms with van der Waals surface area (Å²) in [6.45, 7) is 2.34. The SMILES string of the molecule is CCOc1ccc(NC(=O)C(=O)Nc2c(F)cccc2F)cc1. The first-order chi connectivity index (χ1) is 11.0. The van der Waals surface area contributed by atoms with Crippen molar-refractivity contribution in [3.05, 3.63) is 54.1 Å². The van der Waals surface area contributed by atoms with Gasteiger partial charge in [0.25, 0.3) is 0 Å². The molecule has 0 saturated carbocycles. The van der Waals surface area contributed by atoms with Crippen LogP contribution in [-0.4, -0.2) is 18.4 Å². The van der Waals surface area contributed by atoms with Gasteiger partial charge in [-0.1, -0.05) is 6.07 Å². The molecule has 2 N–H and O–H groups in total. The summed E-state index contributed by atoms with van der Waals surface area (Å²) in [5.74, 6) is -3.54. The number of halogens is 2. The van der Waals surface area contributed by atoms with Gasteiger partial charge in [-0.15, -0.1) is 0 Å². The Bertz CT molecular complexity index is 698. The molecule has 7 heteroatoms. The van der Waals surface area contributed by atoms with Crippen molar-refractivity contribution >= 4 is 23.2 Å². The van der Waals surface area contributed by atoms with Crippen molar-refractivity contribution in [3.63, 3.8) is 0 Å². The van der Waals surface area contributed by atoms with E-state index in [4.69, 9.17) is 4.74 Å². The van der Waals surface area contributed by atoms with Gasteiger partial charge >= 0.3 is 11.8 Å². The van der Waals surface area contributed by atoms with E-state index in [1.807, 2.05) is 12.2 Å². The largest absolute Gasteiger partial charge is 0.494 e. The number of rotatable bonds is 4. The molecule has 2 amide bonds. The van der Waals surface area contributed by atoms with Gasteiger partial charge < -0.3 is 15.4 Å². The summed E-state index contributed by atoms with van der Waals surface area (Å²) >= 11 is 0. The number of anilines is 2. The molecule has 0 unspecified atom stereocenters. The molecule has 0 bridgehead atoms. The van der Waals surface area contributed by atoms with Crippen LogP contribution in [0, 0.1) is 11.6 Å². The average molecular weight is 320 g/mol. The highest BCUT2D eigenvalue weighted by Crippen LogP contribution is 2.18. The van der Waals surface area contributed by atoms with Gasteiger partial charge in [0, 0.05) is 5.69 Å². The molecule has 0 aliphatic carbocycles. The Morgan fingerprint density at radius 3 is 2.09 bits per heavy atom. The zero-order valence-corrected chi connectivity index (χ0v) is 12.2. The third kappa shape index (κ3) is 4.26. The Labute approximate surface area is 131 Å². The van der Waals surface area contributed by atoms with E-state index >= 15 is 0 Å². The predicted molar refractivity (Wildman–Crippen MR) is 81.2 cm³/mol. The van der Waals surface area contributed by atoms with Crippen molar-refractivity contribution in [1.29, 1.82) is 0 Å². The standard InChI is InChI=1S/C16H14F2N2O3/c1-2-23-11-8-6-10(7-9-11)19-15(21)16(22)20-14-12(17)4-3-5-13(14)18/h3-9H,2H2,1H3,(H,19,21)(H,20,22). The van der Waals surface area contributed by atoms with Gasteiger partial charge in [-0.25, -0.2) is 8.78 Å². The van der Waals surface area contributed by atoms with Crippen LogP contribution in [0.4, 0.5) is 20.2 Å². The Balaban J connectivity index is 2.01. The number of amides is 2. The Kier molecular flexibility index (Phi) is 5.24. The topological polar surface area (TPSA) is 67.4 Å². The first-order valence-corrected chi connectivity index (χ1v) is 6.80. The molecule has 5 nitrogen and oxygen atoms in total. The number of carbonyl (C=O) groups excluding carboxylic acids is 2. The Hall–Kier alpha value is -2.96. The van der Waals surface area contributed by atoms with Crippen LogP contribution in [0.5, 0.6) is 5.75 Å². The Morgan fingerprint density at radius 1 is 0.957 bits per heavy atom. The fraction of sp³-hybridized carbons (Fsp3) is 0.125. The minimum absolute atomic E-state index is 0.350. The lowest BCUT2D eigenvalue weighted by molar-refractivity contribution is -0.133. The molecule has 2 aromatic rings. The lowest BCUT2D eigenvalue weighted by atomic mass is 10.2. The molecule has 0 radical (unpaired) electrons. The van der Waals surface area contributed by atoms with Crippen molar-refractivity contribution in [2.24, 2.45) is 0 Å². The van der Waals surface area contributed by atoms with Crippen LogP contribution < -0.4 is 15.4 Å². The maximum absolute atomic E-state index is 13.4. The molecular weight excluding hydrogens is 306 g/mol. The lowest BCUT2D eigenvalue weighted by Gasteiger charge is -2.09. The number of para-hydroxylation sites is 1. The fourth-order valence-electron chi connectivity index (χ4n) is 1.78. The van der Waals surface area contributed by atoms with Crippen LogP contribution in [0.3, 0.4) is 0 Å². The van der Waals surface area contributed by atoms with Crippen LogP contribution in [-0.2, 0) is 9.59 Å². The second-order valence-corrected chi connectivity index (χ2v) is 4.46. The number of hydrogen-bond donors (Lipinski definition) is 2. The number of carbonyl (C=O) groups is 2. The van der Waals surface area contributed by atoms with Crippen LogP contribution in [0.15, 0.2) is 42.5 Å². The molecular formula is C16H14F2N2O3. The number of nitrogens with one attached hydrogen (secondary N) is 2. The highest BCUT2D eigenvalue weighted by Gasteiger charge is 2.18. The highest BCUT2D eigenvalue weighted by molar-refractivity contribution is 6.43. The van der Waals surface area contributed by atoms with Gasteiger partial charge in [-0.05, 0) is 43.3 Å². The number of benzene rings is 2. The first-order valence-electron chi connectivity index (χ1n) is 6.80. The summed E-state index contributed by atoms with van der Waals surface area (Å²) in [4.78, 5) is 23.5. The average Bonchev–Trinajstić information content (AvgIpc) is 2.53. The van der Waals surface area contributed by atoms with Gasteiger partial charge in [-0.2, -0.15) is 0 Å². The molecule has 23 heavy (non-hydrogen) atoms. The third-order valence-electron chi connectivity index (χ3n) is 2.83. The van der Waals surface area contributed by atoms with E-state index in [1.165, 1.54) is 0 Å². The summed E-state index contributed by atoms with van der Waals surface area (Å²) in [6.07, 6.45) is 0. The van der Waals surface area contributed by atoms with E-state index in [9.17, 15) is 18.4 Å². The molecule has 2 aromatic carbocycles. The Morgan fingerprint density at radius 2 is 1.52 bits per heavy atom. The maximum Gasteiger partial charge on any atom is 0.314 e. The molecule has 0 fully saturated rings. The smallest absolute Gasteiger partial charge is 0.314 e. The molecule has 0 spiro atoms. The molecule has 0 aliphatic rings. The summed E-state index contributed by atoms with van der Waals surface area (Å²) < 4.78 is 32.1. The zero-order valence-electron chi connectivity index (χ0n) is 12.2. The van der Waals surface area contributed by atoms with Crippen molar-refractivity contribution in [2.75, 3.05) is 17.2 Å². The second-order valence-electron chi connectivity index (χ2n) is 4.46. The molecule has 0 atom stereocenters. The quantitative estimate of drug-likeness (QED) is 0.851. The minimum Gasteiger partial charge on any atom is -0.494 e. The van der Waals surface area contributed by atoms with Crippen molar-refractivity contribution < 1.29 is 23.1 Å². The monoisotopic (exact) mass is 320 g/mol. The predicted octanol–water partition coefficient (Wildman–Crippen LogP) is 2.94. The fourth-order valence-corrected chi connectivity index (χ4v) is 1.78. The normalized spacial score (nSPS) is 10.0. The molecule has 0 heterocycles. The van der Waals surface area contributed by atoms with Crippen molar-refractivity contribution in [2.45, 2.75) is 6.92 Å². The summed E-state index contributed by atoms with van der Waals surface area (Å²) in [7, 11) is 0. The van der Waals surface area contributed by atoms with Gasteiger partial charge in [0.1, 0.15) is 23.1 Å². The van der Waals surface area contributed by atoms with E-state index < -0.39 is 29.1 Å². The molecule has 0 aromatic heterocycles. The van der Waals surface area contributed by atoms with E-state index in [1.54, 1.807) is 24.3 Å². The first kappa shape index (κ1) is 16.4. The summed E-state index contributed by atoms with van der Waals surface area (Å²) in [5, 5.41) is 4.22. The van der Waals surface area contributed by atoms with Gasteiger partial charge in [0.2, 0.25) is 0 Å². The maximum atomic E-state index is 13.4. The lowest BCUT2D eigenvalue weighted by Crippen LogP contribution is -2.29. The van der Waals surface area contributed by atoms with E-state index in [0.29, 0.717) is 18.0 Å².